The van der Waals surface area contributed by atoms with E-state index in [4.69, 9.17) is 16.3 Å². The second-order valence-corrected chi connectivity index (χ2v) is 3.48. The van der Waals surface area contributed by atoms with E-state index >= 15 is 0 Å². The Morgan fingerprint density at radius 3 is 2.71 bits per heavy atom. The SMILES string of the molecule is CC(C)Oc1ccc(NC=O)cc1Cl. The molecule has 0 atom stereocenters. The summed E-state index contributed by atoms with van der Waals surface area (Å²) in [5.74, 6) is 0.623. The molecule has 76 valence electrons. The van der Waals surface area contributed by atoms with Gasteiger partial charge in [0.25, 0.3) is 0 Å². The maximum atomic E-state index is 10.2. The van der Waals surface area contributed by atoms with E-state index in [1.165, 1.54) is 0 Å². The largest absolute Gasteiger partial charge is 0.489 e. The molecule has 0 aromatic heterocycles. The van der Waals surface area contributed by atoms with E-state index < -0.39 is 0 Å². The van der Waals surface area contributed by atoms with Gasteiger partial charge in [-0.1, -0.05) is 11.6 Å². The highest BCUT2D eigenvalue weighted by atomic mass is 35.5. The summed E-state index contributed by atoms with van der Waals surface area (Å²) < 4.78 is 5.43. The molecule has 1 amide bonds. The van der Waals surface area contributed by atoms with Crippen molar-refractivity contribution in [1.82, 2.24) is 0 Å². The van der Waals surface area contributed by atoms with Gasteiger partial charge in [0.2, 0.25) is 6.41 Å². The summed E-state index contributed by atoms with van der Waals surface area (Å²) in [6.07, 6.45) is 0.687. The molecular formula is C10H12ClNO2. The fourth-order valence-electron chi connectivity index (χ4n) is 1.01. The van der Waals surface area contributed by atoms with E-state index in [1.807, 2.05) is 13.8 Å². The summed E-state index contributed by atoms with van der Waals surface area (Å²) in [6.45, 7) is 3.85. The average molecular weight is 214 g/mol. The van der Waals surface area contributed by atoms with Gasteiger partial charge < -0.3 is 10.1 Å². The molecule has 0 radical (unpaired) electrons. The molecule has 0 heterocycles. The normalized spacial score (nSPS) is 10.0. The summed E-state index contributed by atoms with van der Waals surface area (Å²) in [5.41, 5.74) is 0.654. The lowest BCUT2D eigenvalue weighted by Gasteiger charge is -2.11. The number of carbonyl (C=O) groups excluding carboxylic acids is 1. The molecule has 14 heavy (non-hydrogen) atoms. The standard InChI is InChI=1S/C10H12ClNO2/c1-7(2)14-10-4-3-8(12-6-13)5-9(10)11/h3-7H,1-2H3,(H,12,13). The molecule has 0 aliphatic carbocycles. The molecule has 1 aromatic rings. The maximum Gasteiger partial charge on any atom is 0.211 e. The topological polar surface area (TPSA) is 38.3 Å². The van der Waals surface area contributed by atoms with Crippen molar-refractivity contribution < 1.29 is 9.53 Å². The van der Waals surface area contributed by atoms with E-state index in [1.54, 1.807) is 18.2 Å². The van der Waals surface area contributed by atoms with Crippen molar-refractivity contribution in [3.63, 3.8) is 0 Å². The van der Waals surface area contributed by atoms with Crippen LogP contribution in [0, 0.1) is 0 Å². The zero-order valence-electron chi connectivity index (χ0n) is 8.08. The second-order valence-electron chi connectivity index (χ2n) is 3.07. The Kier molecular flexibility index (Phi) is 3.77. The minimum absolute atomic E-state index is 0.0809. The van der Waals surface area contributed by atoms with Crippen LogP contribution < -0.4 is 10.1 Å². The molecule has 0 aliphatic rings. The molecule has 0 fully saturated rings. The third-order valence-corrected chi connectivity index (χ3v) is 1.82. The van der Waals surface area contributed by atoms with Gasteiger partial charge in [-0.05, 0) is 32.0 Å². The fourth-order valence-corrected chi connectivity index (χ4v) is 1.23. The van der Waals surface area contributed by atoms with Crippen LogP contribution in [-0.2, 0) is 4.79 Å². The van der Waals surface area contributed by atoms with Crippen LogP contribution in [0.5, 0.6) is 5.75 Å². The lowest BCUT2D eigenvalue weighted by atomic mass is 10.3. The van der Waals surface area contributed by atoms with Crippen LogP contribution in [0.25, 0.3) is 0 Å². The summed E-state index contributed by atoms with van der Waals surface area (Å²) in [6, 6.07) is 5.11. The first-order valence-electron chi connectivity index (χ1n) is 4.30. The Balaban J connectivity index is 2.83. The van der Waals surface area contributed by atoms with E-state index in [0.717, 1.165) is 0 Å². The predicted octanol–water partition coefficient (Wildman–Crippen LogP) is 2.70. The predicted molar refractivity (Wildman–Crippen MR) is 56.9 cm³/mol. The van der Waals surface area contributed by atoms with Crippen LogP contribution in [-0.4, -0.2) is 12.5 Å². The van der Waals surface area contributed by atoms with Gasteiger partial charge in [0.15, 0.2) is 0 Å². The molecular weight excluding hydrogens is 202 g/mol. The molecule has 0 saturated heterocycles. The number of anilines is 1. The fraction of sp³-hybridized carbons (Fsp3) is 0.300. The molecule has 0 unspecified atom stereocenters. The van der Waals surface area contributed by atoms with Gasteiger partial charge >= 0.3 is 0 Å². The van der Waals surface area contributed by atoms with Gasteiger partial charge in [-0.15, -0.1) is 0 Å². The molecule has 1 rings (SSSR count). The smallest absolute Gasteiger partial charge is 0.211 e. The summed E-state index contributed by atoms with van der Waals surface area (Å²) in [4.78, 5) is 10.2. The van der Waals surface area contributed by atoms with E-state index in [2.05, 4.69) is 5.32 Å². The molecule has 1 N–H and O–H groups in total. The van der Waals surface area contributed by atoms with Crippen LogP contribution in [0.15, 0.2) is 18.2 Å². The first kappa shape index (κ1) is 10.9. The van der Waals surface area contributed by atoms with E-state index in [0.29, 0.717) is 22.9 Å². The Hall–Kier alpha value is -1.22. The van der Waals surface area contributed by atoms with Crippen molar-refractivity contribution in [1.29, 1.82) is 0 Å². The monoisotopic (exact) mass is 213 g/mol. The van der Waals surface area contributed by atoms with Crippen molar-refractivity contribution in [2.24, 2.45) is 0 Å². The van der Waals surface area contributed by atoms with Crippen LogP contribution in [0.2, 0.25) is 5.02 Å². The van der Waals surface area contributed by atoms with Crippen molar-refractivity contribution in [2.75, 3.05) is 5.32 Å². The summed E-state index contributed by atoms with van der Waals surface area (Å²) in [5, 5.41) is 3.00. The number of nitrogens with one attached hydrogen (secondary N) is 1. The first-order chi connectivity index (χ1) is 6.63. The molecule has 0 aliphatic heterocycles. The van der Waals surface area contributed by atoms with Gasteiger partial charge in [0.05, 0.1) is 11.1 Å². The zero-order valence-corrected chi connectivity index (χ0v) is 8.84. The summed E-state index contributed by atoms with van der Waals surface area (Å²) in [7, 11) is 0. The first-order valence-corrected chi connectivity index (χ1v) is 4.67. The summed E-state index contributed by atoms with van der Waals surface area (Å²) >= 11 is 5.93. The number of hydrogen-bond donors (Lipinski definition) is 1. The Morgan fingerprint density at radius 1 is 1.50 bits per heavy atom. The number of benzene rings is 1. The van der Waals surface area contributed by atoms with Gasteiger partial charge in [-0.25, -0.2) is 0 Å². The van der Waals surface area contributed by atoms with Crippen molar-refractivity contribution in [3.8, 4) is 5.75 Å². The lowest BCUT2D eigenvalue weighted by molar-refractivity contribution is -0.105. The lowest BCUT2D eigenvalue weighted by Crippen LogP contribution is -2.06. The number of hydrogen-bond acceptors (Lipinski definition) is 2. The highest BCUT2D eigenvalue weighted by molar-refractivity contribution is 6.32. The molecule has 0 bridgehead atoms. The van der Waals surface area contributed by atoms with Crippen molar-refractivity contribution in [3.05, 3.63) is 23.2 Å². The highest BCUT2D eigenvalue weighted by Gasteiger charge is 2.04. The number of halogens is 1. The van der Waals surface area contributed by atoms with Crippen LogP contribution in [0.4, 0.5) is 5.69 Å². The van der Waals surface area contributed by atoms with E-state index in [-0.39, 0.29) is 6.10 Å². The highest BCUT2D eigenvalue weighted by Crippen LogP contribution is 2.28. The van der Waals surface area contributed by atoms with Crippen LogP contribution >= 0.6 is 11.6 Å². The average Bonchev–Trinajstić information content (AvgIpc) is 2.10. The Labute approximate surface area is 88.0 Å². The molecule has 4 heteroatoms. The molecule has 0 saturated carbocycles. The quantitative estimate of drug-likeness (QED) is 0.781. The van der Waals surface area contributed by atoms with Crippen LogP contribution in [0.1, 0.15) is 13.8 Å². The Bertz CT molecular complexity index is 326. The van der Waals surface area contributed by atoms with E-state index in [9.17, 15) is 4.79 Å². The number of ether oxygens (including phenoxy) is 1. The van der Waals surface area contributed by atoms with Gasteiger partial charge in [0, 0.05) is 5.69 Å². The number of rotatable bonds is 4. The number of carbonyl (C=O) groups is 1. The van der Waals surface area contributed by atoms with Crippen molar-refractivity contribution in [2.45, 2.75) is 20.0 Å². The van der Waals surface area contributed by atoms with Gasteiger partial charge in [0.1, 0.15) is 5.75 Å². The third-order valence-electron chi connectivity index (χ3n) is 1.52. The van der Waals surface area contributed by atoms with Crippen molar-refractivity contribution >= 4 is 23.7 Å². The number of amides is 1. The van der Waals surface area contributed by atoms with Gasteiger partial charge in [-0.2, -0.15) is 0 Å². The molecule has 3 nitrogen and oxygen atoms in total. The second kappa shape index (κ2) is 4.86. The van der Waals surface area contributed by atoms with Crippen LogP contribution in [0.3, 0.4) is 0 Å². The molecule has 0 spiro atoms. The maximum absolute atomic E-state index is 10.2. The zero-order chi connectivity index (χ0) is 10.6. The molecule has 1 aromatic carbocycles. The third kappa shape index (κ3) is 2.92. The van der Waals surface area contributed by atoms with Gasteiger partial charge in [-0.3, -0.25) is 4.79 Å². The minimum Gasteiger partial charge on any atom is -0.489 e. The Morgan fingerprint density at radius 2 is 2.21 bits per heavy atom. The minimum atomic E-state index is 0.0809.